The fraction of sp³-hybridized carbons (Fsp3) is 0.556. The summed E-state index contributed by atoms with van der Waals surface area (Å²) in [6.45, 7) is 6.98. The van der Waals surface area contributed by atoms with E-state index in [4.69, 9.17) is 4.74 Å². The summed E-state index contributed by atoms with van der Waals surface area (Å²) in [4.78, 5) is 22.9. The lowest BCUT2D eigenvalue weighted by Crippen LogP contribution is -2.42. The van der Waals surface area contributed by atoms with Crippen molar-refractivity contribution in [1.82, 2.24) is 10.9 Å². The summed E-state index contributed by atoms with van der Waals surface area (Å²) < 4.78 is 5.63. The third-order valence-corrected chi connectivity index (χ3v) is 3.81. The molecule has 23 heavy (non-hydrogen) atoms. The molecule has 2 rings (SSSR count). The molecule has 0 atom stereocenters. The van der Waals surface area contributed by atoms with Crippen molar-refractivity contribution in [2.75, 3.05) is 6.61 Å². The number of ether oxygens (including phenoxy) is 1. The highest BCUT2D eigenvalue weighted by Crippen LogP contribution is 2.28. The van der Waals surface area contributed by atoms with E-state index in [9.17, 15) is 9.59 Å². The largest absolute Gasteiger partial charge is 0.494 e. The Morgan fingerprint density at radius 1 is 1.13 bits per heavy atom. The summed E-state index contributed by atoms with van der Waals surface area (Å²) in [5.74, 6) is 0.620. The minimum atomic E-state index is -0.189. The van der Waals surface area contributed by atoms with Crippen molar-refractivity contribution in [3.63, 3.8) is 0 Å². The maximum absolute atomic E-state index is 11.6. The lowest BCUT2D eigenvalue weighted by molar-refractivity contribution is -0.129. The van der Waals surface area contributed by atoms with Crippen LogP contribution in [0.3, 0.4) is 0 Å². The molecule has 0 spiro atoms. The van der Waals surface area contributed by atoms with Crippen LogP contribution in [0.25, 0.3) is 0 Å². The monoisotopic (exact) mass is 318 g/mol. The van der Waals surface area contributed by atoms with Crippen molar-refractivity contribution < 1.29 is 14.3 Å². The van der Waals surface area contributed by atoms with Crippen LogP contribution >= 0.6 is 0 Å². The van der Waals surface area contributed by atoms with E-state index in [-0.39, 0.29) is 23.1 Å². The van der Waals surface area contributed by atoms with Gasteiger partial charge in [0.25, 0.3) is 0 Å². The summed E-state index contributed by atoms with van der Waals surface area (Å²) in [6, 6.07) is 8.04. The fourth-order valence-electron chi connectivity index (χ4n) is 2.12. The molecule has 126 valence electrons. The number of hydrogen-bond acceptors (Lipinski definition) is 3. The predicted octanol–water partition coefficient (Wildman–Crippen LogP) is 2.70. The zero-order valence-electron chi connectivity index (χ0n) is 14.1. The van der Waals surface area contributed by atoms with Crippen molar-refractivity contribution in [3.8, 4) is 5.75 Å². The topological polar surface area (TPSA) is 67.4 Å². The number of amides is 2. The highest BCUT2D eigenvalue weighted by molar-refractivity contribution is 5.84. The van der Waals surface area contributed by atoms with Crippen LogP contribution in [0.5, 0.6) is 5.75 Å². The van der Waals surface area contributed by atoms with Gasteiger partial charge < -0.3 is 4.74 Å². The molecular formula is C18H26N2O3. The molecule has 1 aromatic rings. The molecule has 1 aliphatic rings. The molecule has 1 aliphatic carbocycles. The molecule has 2 N–H and O–H groups in total. The van der Waals surface area contributed by atoms with Gasteiger partial charge in [0.1, 0.15) is 5.75 Å². The average Bonchev–Trinajstić information content (AvgIpc) is 3.33. The molecule has 5 heteroatoms. The van der Waals surface area contributed by atoms with Gasteiger partial charge in [0.15, 0.2) is 0 Å². The van der Waals surface area contributed by atoms with Crippen molar-refractivity contribution in [2.45, 2.75) is 51.9 Å². The molecular weight excluding hydrogens is 292 g/mol. The second kappa shape index (κ2) is 7.49. The zero-order chi connectivity index (χ0) is 16.9. The zero-order valence-corrected chi connectivity index (χ0v) is 14.1. The Hall–Kier alpha value is -2.04. The molecule has 5 nitrogen and oxygen atoms in total. The second-order valence-electron chi connectivity index (χ2n) is 7.04. The third kappa shape index (κ3) is 5.93. The Morgan fingerprint density at radius 3 is 2.35 bits per heavy atom. The van der Waals surface area contributed by atoms with Crippen molar-refractivity contribution in [2.24, 2.45) is 5.92 Å². The van der Waals surface area contributed by atoms with E-state index in [0.29, 0.717) is 19.4 Å². The van der Waals surface area contributed by atoms with Crippen LogP contribution in [0.4, 0.5) is 0 Å². The molecule has 0 heterocycles. The van der Waals surface area contributed by atoms with Crippen molar-refractivity contribution in [3.05, 3.63) is 29.8 Å². The number of carbonyl (C=O) groups is 2. The van der Waals surface area contributed by atoms with Gasteiger partial charge in [-0.05, 0) is 42.4 Å². The van der Waals surface area contributed by atoms with Gasteiger partial charge in [0, 0.05) is 12.3 Å². The number of hydrazine groups is 1. The van der Waals surface area contributed by atoms with Gasteiger partial charge in [-0.1, -0.05) is 32.9 Å². The van der Waals surface area contributed by atoms with Crippen LogP contribution < -0.4 is 15.6 Å². The van der Waals surface area contributed by atoms with Crippen LogP contribution in [0, 0.1) is 5.92 Å². The maximum Gasteiger partial charge on any atom is 0.241 e. The quantitative estimate of drug-likeness (QED) is 0.626. The van der Waals surface area contributed by atoms with E-state index in [1.54, 1.807) is 0 Å². The van der Waals surface area contributed by atoms with Crippen LogP contribution in [0.15, 0.2) is 24.3 Å². The molecule has 1 aromatic carbocycles. The van der Waals surface area contributed by atoms with E-state index < -0.39 is 0 Å². The average molecular weight is 318 g/mol. The van der Waals surface area contributed by atoms with Gasteiger partial charge in [-0.15, -0.1) is 0 Å². The summed E-state index contributed by atoms with van der Waals surface area (Å²) in [7, 11) is 0. The lowest BCUT2D eigenvalue weighted by Gasteiger charge is -2.19. The minimum absolute atomic E-state index is 0.0893. The smallest absolute Gasteiger partial charge is 0.241 e. The molecule has 0 unspecified atom stereocenters. The second-order valence-corrected chi connectivity index (χ2v) is 7.04. The van der Waals surface area contributed by atoms with Gasteiger partial charge >= 0.3 is 0 Å². The Kier molecular flexibility index (Phi) is 5.64. The standard InChI is InChI=1S/C18H26N2O3/c1-18(2,3)14-8-10-15(11-9-14)23-12-4-5-16(21)19-20-17(22)13-6-7-13/h8-11,13H,4-7,12H2,1-3H3,(H,19,21)(H,20,22). The molecule has 0 bridgehead atoms. The van der Waals surface area contributed by atoms with E-state index >= 15 is 0 Å². The van der Waals surface area contributed by atoms with E-state index in [1.165, 1.54) is 5.56 Å². The summed E-state index contributed by atoms with van der Waals surface area (Å²) in [6.07, 6.45) is 2.77. The number of rotatable bonds is 6. The first-order valence-electron chi connectivity index (χ1n) is 8.18. The Bertz CT molecular complexity index is 542. The number of hydrogen-bond donors (Lipinski definition) is 2. The molecule has 0 radical (unpaired) electrons. The Labute approximate surface area is 137 Å². The predicted molar refractivity (Wildman–Crippen MR) is 88.9 cm³/mol. The first-order valence-corrected chi connectivity index (χ1v) is 8.18. The summed E-state index contributed by atoms with van der Waals surface area (Å²) in [5.41, 5.74) is 6.26. The van der Waals surface area contributed by atoms with Crippen LogP contribution in [0.2, 0.25) is 0 Å². The maximum atomic E-state index is 11.6. The van der Waals surface area contributed by atoms with Crippen LogP contribution in [-0.4, -0.2) is 18.4 Å². The van der Waals surface area contributed by atoms with Crippen LogP contribution in [0.1, 0.15) is 52.0 Å². The number of benzene rings is 1. The van der Waals surface area contributed by atoms with Gasteiger partial charge in [-0.25, -0.2) is 0 Å². The highest BCUT2D eigenvalue weighted by Gasteiger charge is 2.29. The molecule has 0 aromatic heterocycles. The Morgan fingerprint density at radius 2 is 1.78 bits per heavy atom. The van der Waals surface area contributed by atoms with E-state index in [2.05, 4.69) is 43.8 Å². The molecule has 1 saturated carbocycles. The van der Waals surface area contributed by atoms with Crippen molar-refractivity contribution in [1.29, 1.82) is 0 Å². The first-order chi connectivity index (χ1) is 10.9. The highest BCUT2D eigenvalue weighted by atomic mass is 16.5. The molecule has 1 fully saturated rings. The molecule has 0 saturated heterocycles. The Balaban J connectivity index is 1.61. The SMILES string of the molecule is CC(C)(C)c1ccc(OCCCC(=O)NNC(=O)C2CC2)cc1. The van der Waals surface area contributed by atoms with Crippen molar-refractivity contribution >= 4 is 11.8 Å². The molecule has 0 aliphatic heterocycles. The minimum Gasteiger partial charge on any atom is -0.494 e. The third-order valence-electron chi connectivity index (χ3n) is 3.81. The number of carbonyl (C=O) groups excluding carboxylic acids is 2. The van der Waals surface area contributed by atoms with Gasteiger partial charge in [-0.3, -0.25) is 20.4 Å². The summed E-state index contributed by atoms with van der Waals surface area (Å²) in [5, 5.41) is 0. The van der Waals surface area contributed by atoms with Crippen LogP contribution in [-0.2, 0) is 15.0 Å². The lowest BCUT2D eigenvalue weighted by atomic mass is 9.87. The van der Waals surface area contributed by atoms with Gasteiger partial charge in [0.2, 0.25) is 11.8 Å². The van der Waals surface area contributed by atoms with E-state index in [1.807, 2.05) is 12.1 Å². The normalized spacial score (nSPS) is 14.2. The van der Waals surface area contributed by atoms with E-state index in [0.717, 1.165) is 18.6 Å². The molecule has 2 amide bonds. The summed E-state index contributed by atoms with van der Waals surface area (Å²) >= 11 is 0. The first kappa shape index (κ1) is 17.3. The fourth-order valence-corrected chi connectivity index (χ4v) is 2.12. The number of nitrogens with one attached hydrogen (secondary N) is 2. The van der Waals surface area contributed by atoms with Gasteiger partial charge in [-0.2, -0.15) is 0 Å². The van der Waals surface area contributed by atoms with Gasteiger partial charge in [0.05, 0.1) is 6.61 Å².